The Kier molecular flexibility index (Phi) is 6.15. The Balaban J connectivity index is 3.36. The number of benzene rings is 1. The largest absolute Gasteiger partial charge is 0.478 e. The summed E-state index contributed by atoms with van der Waals surface area (Å²) in [4.78, 5) is 22.9. The fourth-order valence-corrected chi connectivity index (χ4v) is 2.41. The molecule has 1 aromatic carbocycles. The zero-order valence-electron chi connectivity index (χ0n) is 12.7. The van der Waals surface area contributed by atoms with Crippen molar-refractivity contribution in [2.24, 2.45) is 5.92 Å². The Labute approximate surface area is 125 Å². The van der Waals surface area contributed by atoms with E-state index in [1.165, 1.54) is 6.07 Å². The number of allylic oxidation sites excluding steroid dienone is 2. The van der Waals surface area contributed by atoms with Crippen LogP contribution in [0.5, 0.6) is 0 Å². The van der Waals surface area contributed by atoms with Gasteiger partial charge < -0.3 is 10.2 Å². The van der Waals surface area contributed by atoms with Crippen LogP contribution in [0.3, 0.4) is 0 Å². The van der Waals surface area contributed by atoms with Gasteiger partial charge in [-0.05, 0) is 49.3 Å². The molecule has 0 aliphatic carbocycles. The fraction of sp³-hybridized carbons (Fsp3) is 0.412. The van der Waals surface area contributed by atoms with E-state index in [9.17, 15) is 19.8 Å². The van der Waals surface area contributed by atoms with Gasteiger partial charge in [-0.25, -0.2) is 9.59 Å². The number of carbonyl (C=O) groups is 2. The number of carboxylic acid groups (broad SMARTS) is 2. The molecule has 0 radical (unpaired) electrons. The van der Waals surface area contributed by atoms with Gasteiger partial charge in [0.2, 0.25) is 0 Å². The highest BCUT2D eigenvalue weighted by molar-refractivity contribution is 5.97. The molecule has 1 atom stereocenters. The molecule has 0 saturated heterocycles. The molecule has 0 spiro atoms. The van der Waals surface area contributed by atoms with Crippen molar-refractivity contribution in [3.05, 3.63) is 46.5 Å². The minimum atomic E-state index is -1.08. The van der Waals surface area contributed by atoms with Crippen molar-refractivity contribution < 1.29 is 19.8 Å². The van der Waals surface area contributed by atoms with Crippen LogP contribution >= 0.6 is 0 Å². The maximum atomic E-state index is 11.5. The third kappa shape index (κ3) is 4.18. The number of aromatic carboxylic acids is 2. The number of rotatable bonds is 7. The highest BCUT2D eigenvalue weighted by Crippen LogP contribution is 2.24. The summed E-state index contributed by atoms with van der Waals surface area (Å²) >= 11 is 0. The van der Waals surface area contributed by atoms with Crippen LogP contribution in [-0.2, 0) is 6.42 Å². The summed E-state index contributed by atoms with van der Waals surface area (Å²) in [6, 6.07) is 3.05. The molecule has 114 valence electrons. The van der Waals surface area contributed by atoms with Crippen LogP contribution in [0.4, 0.5) is 0 Å². The van der Waals surface area contributed by atoms with E-state index < -0.39 is 11.9 Å². The van der Waals surface area contributed by atoms with Gasteiger partial charge in [-0.15, -0.1) is 0 Å². The molecule has 0 amide bonds. The van der Waals surface area contributed by atoms with E-state index >= 15 is 0 Å². The lowest BCUT2D eigenvalue weighted by molar-refractivity contribution is 0.0694. The van der Waals surface area contributed by atoms with Gasteiger partial charge in [-0.3, -0.25) is 0 Å². The maximum absolute atomic E-state index is 11.5. The summed E-state index contributed by atoms with van der Waals surface area (Å²) in [5.74, 6) is -2.01. The first-order valence-corrected chi connectivity index (χ1v) is 7.18. The molecule has 1 rings (SSSR count). The first-order chi connectivity index (χ1) is 9.92. The molecule has 0 aromatic heterocycles. The van der Waals surface area contributed by atoms with Gasteiger partial charge in [0.1, 0.15) is 0 Å². The average Bonchev–Trinajstić information content (AvgIpc) is 2.42. The second kappa shape index (κ2) is 7.62. The van der Waals surface area contributed by atoms with Crippen LogP contribution in [-0.4, -0.2) is 22.2 Å². The smallest absolute Gasteiger partial charge is 0.336 e. The molecule has 0 aliphatic rings. The van der Waals surface area contributed by atoms with Crippen LogP contribution in [0, 0.1) is 12.8 Å². The maximum Gasteiger partial charge on any atom is 0.336 e. The van der Waals surface area contributed by atoms with Gasteiger partial charge in [0.15, 0.2) is 0 Å². The van der Waals surface area contributed by atoms with Gasteiger partial charge in [0.05, 0.1) is 11.1 Å². The molecule has 4 nitrogen and oxygen atoms in total. The predicted molar refractivity (Wildman–Crippen MR) is 82.0 cm³/mol. The number of hydrogen-bond donors (Lipinski definition) is 2. The van der Waals surface area contributed by atoms with Crippen LogP contribution in [0.15, 0.2) is 24.3 Å². The standard InChI is InChI=1S/C17H22O4/c1-4-6-7-12(5-2)10-14-13(16(18)19)9-8-11(3)15(14)17(20)21/h6-9,12H,4-5,10H2,1-3H3,(H,18,19)(H,20,21). The zero-order valence-corrected chi connectivity index (χ0v) is 12.7. The normalized spacial score (nSPS) is 12.5. The Morgan fingerprint density at radius 1 is 1.19 bits per heavy atom. The van der Waals surface area contributed by atoms with Crippen molar-refractivity contribution >= 4 is 11.9 Å². The van der Waals surface area contributed by atoms with E-state index in [1.54, 1.807) is 13.0 Å². The molecule has 0 heterocycles. The Morgan fingerprint density at radius 3 is 2.33 bits per heavy atom. The van der Waals surface area contributed by atoms with Gasteiger partial charge in [0, 0.05) is 0 Å². The van der Waals surface area contributed by atoms with Crippen molar-refractivity contribution in [2.75, 3.05) is 0 Å². The van der Waals surface area contributed by atoms with E-state index in [0.717, 1.165) is 12.8 Å². The molecule has 4 heteroatoms. The van der Waals surface area contributed by atoms with E-state index in [4.69, 9.17) is 0 Å². The molecule has 21 heavy (non-hydrogen) atoms. The van der Waals surface area contributed by atoms with Crippen LogP contribution in [0.1, 0.15) is 58.5 Å². The molecular formula is C17H22O4. The third-order valence-electron chi connectivity index (χ3n) is 3.60. The molecule has 0 bridgehead atoms. The Hall–Kier alpha value is -2.10. The van der Waals surface area contributed by atoms with Gasteiger partial charge in [-0.1, -0.05) is 32.1 Å². The van der Waals surface area contributed by atoms with Crippen molar-refractivity contribution in [3.8, 4) is 0 Å². The predicted octanol–water partition coefficient (Wildman–Crippen LogP) is 3.93. The summed E-state index contributed by atoms with van der Waals surface area (Å²) in [6.07, 6.45) is 6.24. The van der Waals surface area contributed by atoms with Crippen LogP contribution in [0.2, 0.25) is 0 Å². The SMILES string of the molecule is CCC=CC(CC)Cc1c(C(=O)O)ccc(C)c1C(=O)O. The lowest BCUT2D eigenvalue weighted by atomic mass is 9.88. The first-order valence-electron chi connectivity index (χ1n) is 7.18. The molecular weight excluding hydrogens is 268 g/mol. The molecule has 0 saturated carbocycles. The van der Waals surface area contributed by atoms with E-state index in [2.05, 4.69) is 0 Å². The lowest BCUT2D eigenvalue weighted by Crippen LogP contribution is -2.14. The third-order valence-corrected chi connectivity index (χ3v) is 3.60. The lowest BCUT2D eigenvalue weighted by Gasteiger charge is -2.16. The van der Waals surface area contributed by atoms with Crippen LogP contribution < -0.4 is 0 Å². The minimum Gasteiger partial charge on any atom is -0.478 e. The number of aryl methyl sites for hydroxylation is 1. The zero-order chi connectivity index (χ0) is 16.0. The number of hydrogen-bond acceptors (Lipinski definition) is 2. The molecule has 1 unspecified atom stereocenters. The second-order valence-electron chi connectivity index (χ2n) is 5.10. The first kappa shape index (κ1) is 17.0. The highest BCUT2D eigenvalue weighted by Gasteiger charge is 2.22. The van der Waals surface area contributed by atoms with E-state index in [-0.39, 0.29) is 17.0 Å². The summed E-state index contributed by atoms with van der Waals surface area (Å²) < 4.78 is 0. The van der Waals surface area contributed by atoms with Gasteiger partial charge in [-0.2, -0.15) is 0 Å². The van der Waals surface area contributed by atoms with Gasteiger partial charge in [0.25, 0.3) is 0 Å². The number of carboxylic acids is 2. The minimum absolute atomic E-state index is 0.0846. The molecule has 0 fully saturated rings. The van der Waals surface area contributed by atoms with E-state index in [0.29, 0.717) is 17.5 Å². The molecule has 1 aromatic rings. The summed E-state index contributed by atoms with van der Waals surface area (Å²) in [7, 11) is 0. The molecule has 0 aliphatic heterocycles. The Morgan fingerprint density at radius 2 is 1.86 bits per heavy atom. The second-order valence-corrected chi connectivity index (χ2v) is 5.10. The average molecular weight is 290 g/mol. The van der Waals surface area contributed by atoms with Crippen molar-refractivity contribution in [2.45, 2.75) is 40.0 Å². The Bertz CT molecular complexity index is 558. The quantitative estimate of drug-likeness (QED) is 0.746. The van der Waals surface area contributed by atoms with E-state index in [1.807, 2.05) is 26.0 Å². The molecule has 2 N–H and O–H groups in total. The van der Waals surface area contributed by atoms with Gasteiger partial charge >= 0.3 is 11.9 Å². The highest BCUT2D eigenvalue weighted by atomic mass is 16.4. The van der Waals surface area contributed by atoms with Crippen LogP contribution in [0.25, 0.3) is 0 Å². The topological polar surface area (TPSA) is 74.6 Å². The fourth-order valence-electron chi connectivity index (χ4n) is 2.41. The van der Waals surface area contributed by atoms with Crippen molar-refractivity contribution in [1.82, 2.24) is 0 Å². The van der Waals surface area contributed by atoms with Crippen molar-refractivity contribution in [1.29, 1.82) is 0 Å². The summed E-state index contributed by atoms with van der Waals surface area (Å²) in [5.41, 5.74) is 1.22. The summed E-state index contributed by atoms with van der Waals surface area (Å²) in [6.45, 7) is 5.74. The van der Waals surface area contributed by atoms with Crippen molar-refractivity contribution in [3.63, 3.8) is 0 Å². The summed E-state index contributed by atoms with van der Waals surface area (Å²) in [5, 5.41) is 18.7. The monoisotopic (exact) mass is 290 g/mol.